The number of nitrogens with one attached hydrogen (secondary N) is 2. The normalized spacial score (nSPS) is 24.6. The van der Waals surface area contributed by atoms with Crippen LogP contribution in [-0.4, -0.2) is 128 Å². The SMILES string of the molecule is CC/C=C/CC1C(=O)CCC1CC(=O)SCCNC(=O)CCNC(=O)C(O)C(C)(C)COP(=O)(O)OP(=O)(O)OCC1OC(n2cnc3c(N)ncnc32)C(O)C1OP(=O)(O)O. The first-order valence-corrected chi connectivity index (χ1v) is 24.7. The number of nitrogens with zero attached hydrogens (tertiary/aromatic N) is 4. The zero-order chi connectivity index (χ0) is 46.0. The van der Waals surface area contributed by atoms with E-state index in [0.29, 0.717) is 25.0 Å². The summed E-state index contributed by atoms with van der Waals surface area (Å²) in [6, 6.07) is 0. The first kappa shape index (κ1) is 51.6. The number of thioether (sulfide) groups is 1. The van der Waals surface area contributed by atoms with E-state index >= 15 is 0 Å². The summed E-state index contributed by atoms with van der Waals surface area (Å²) >= 11 is 1.06. The summed E-state index contributed by atoms with van der Waals surface area (Å²) in [5.74, 6) is -1.18. The quantitative estimate of drug-likeness (QED) is 0.0402. The van der Waals surface area contributed by atoms with Gasteiger partial charge in [-0.1, -0.05) is 44.7 Å². The summed E-state index contributed by atoms with van der Waals surface area (Å²) in [6.07, 6.45) is -0.110. The molecule has 2 amide bonds. The van der Waals surface area contributed by atoms with Gasteiger partial charge >= 0.3 is 23.5 Å². The van der Waals surface area contributed by atoms with Crippen LogP contribution in [0, 0.1) is 17.3 Å². The highest BCUT2D eigenvalue weighted by atomic mass is 32.2. The molecule has 10 N–H and O–H groups in total. The van der Waals surface area contributed by atoms with Crippen molar-refractivity contribution in [2.45, 2.75) is 89.9 Å². The second-order valence-electron chi connectivity index (χ2n) is 15.0. The molecule has 348 valence electrons. The minimum absolute atomic E-state index is 0.00285. The number of anilines is 1. The highest BCUT2D eigenvalue weighted by Gasteiger charge is 2.50. The number of ether oxygens (including phenoxy) is 1. The summed E-state index contributed by atoms with van der Waals surface area (Å²) < 4.78 is 62.3. The first-order chi connectivity index (χ1) is 28.9. The third kappa shape index (κ3) is 15.0. The second kappa shape index (κ2) is 22.2. The highest BCUT2D eigenvalue weighted by Crippen LogP contribution is 2.61. The van der Waals surface area contributed by atoms with Crippen molar-refractivity contribution in [3.8, 4) is 0 Å². The Kier molecular flexibility index (Phi) is 18.5. The molecule has 25 nitrogen and oxygen atoms in total. The lowest BCUT2D eigenvalue weighted by atomic mass is 9.87. The summed E-state index contributed by atoms with van der Waals surface area (Å²) in [6.45, 7) is 2.40. The molecule has 1 aliphatic heterocycles. The Bertz CT molecular complexity index is 2090. The number of aliphatic hydroxyl groups is 2. The van der Waals surface area contributed by atoms with Gasteiger partial charge in [-0.2, -0.15) is 4.31 Å². The number of Topliss-reactive ketones (excluding diaryl/α,β-unsaturated/α-hetero) is 1. The van der Waals surface area contributed by atoms with Crippen LogP contribution in [0.25, 0.3) is 11.2 Å². The molecule has 0 radical (unpaired) electrons. The molecule has 1 saturated heterocycles. The molecular weight excluding hydrogens is 907 g/mol. The Morgan fingerprint density at radius 2 is 1.79 bits per heavy atom. The fraction of sp³-hybridized carbons (Fsp3) is 0.667. The number of imidazole rings is 1. The summed E-state index contributed by atoms with van der Waals surface area (Å²) in [5.41, 5.74) is 4.24. The van der Waals surface area contributed by atoms with E-state index in [1.165, 1.54) is 13.8 Å². The van der Waals surface area contributed by atoms with Gasteiger partial charge in [0.2, 0.25) is 11.8 Å². The number of nitrogen functional groups attached to an aromatic ring is 1. The van der Waals surface area contributed by atoms with Gasteiger partial charge in [-0.05, 0) is 25.2 Å². The molecular formula is C33H52N7O18P3S. The third-order valence-electron chi connectivity index (χ3n) is 9.73. The average Bonchev–Trinajstić information content (AvgIpc) is 3.85. The van der Waals surface area contributed by atoms with Crippen molar-refractivity contribution in [2.75, 3.05) is 37.8 Å². The van der Waals surface area contributed by atoms with Crippen LogP contribution < -0.4 is 16.4 Å². The van der Waals surface area contributed by atoms with Crippen molar-refractivity contribution in [3.63, 3.8) is 0 Å². The number of ketones is 1. The molecule has 62 heavy (non-hydrogen) atoms. The lowest BCUT2D eigenvalue weighted by molar-refractivity contribution is -0.137. The van der Waals surface area contributed by atoms with E-state index in [0.717, 1.165) is 35.4 Å². The van der Waals surface area contributed by atoms with Gasteiger partial charge in [-0.3, -0.25) is 37.3 Å². The van der Waals surface area contributed by atoms with E-state index in [4.69, 9.17) is 19.5 Å². The van der Waals surface area contributed by atoms with Crippen LogP contribution in [0.1, 0.15) is 65.5 Å². The Balaban J connectivity index is 1.18. The lowest BCUT2D eigenvalue weighted by Gasteiger charge is -2.30. The monoisotopic (exact) mass is 959 g/mol. The van der Waals surface area contributed by atoms with Gasteiger partial charge in [-0.15, -0.1) is 0 Å². The topological polar surface area (TPSA) is 381 Å². The number of rotatable bonds is 24. The number of phosphoric ester groups is 3. The number of hydrogen-bond donors (Lipinski definition) is 9. The van der Waals surface area contributed by atoms with Crippen LogP contribution in [-0.2, 0) is 55.5 Å². The van der Waals surface area contributed by atoms with Gasteiger partial charge in [0, 0.05) is 49.4 Å². The van der Waals surface area contributed by atoms with Crippen LogP contribution in [0.3, 0.4) is 0 Å². The molecule has 2 aliphatic rings. The van der Waals surface area contributed by atoms with Crippen molar-refractivity contribution in [1.29, 1.82) is 0 Å². The number of hydrogen-bond acceptors (Lipinski definition) is 19. The van der Waals surface area contributed by atoms with E-state index in [1.807, 2.05) is 19.1 Å². The van der Waals surface area contributed by atoms with E-state index < -0.39 is 84.6 Å². The molecule has 0 bridgehead atoms. The predicted octanol–water partition coefficient (Wildman–Crippen LogP) is 1.01. The number of carbonyl (C=O) groups excluding carboxylic acids is 4. The third-order valence-corrected chi connectivity index (χ3v) is 13.7. The van der Waals surface area contributed by atoms with Crippen molar-refractivity contribution in [3.05, 3.63) is 24.8 Å². The smallest absolute Gasteiger partial charge is 0.386 e. The second-order valence-corrected chi connectivity index (χ2v) is 20.4. The highest BCUT2D eigenvalue weighted by molar-refractivity contribution is 8.13. The minimum atomic E-state index is -5.59. The number of allylic oxidation sites excluding steroid dienone is 2. The van der Waals surface area contributed by atoms with Crippen LogP contribution in [0.2, 0.25) is 0 Å². The molecule has 1 saturated carbocycles. The maximum Gasteiger partial charge on any atom is 0.481 e. The van der Waals surface area contributed by atoms with Crippen LogP contribution >= 0.6 is 35.2 Å². The summed E-state index contributed by atoms with van der Waals surface area (Å²) in [5, 5.41) is 26.4. The van der Waals surface area contributed by atoms with E-state index in [2.05, 4.69) is 34.4 Å². The number of aliphatic hydroxyl groups excluding tert-OH is 2. The van der Waals surface area contributed by atoms with Gasteiger partial charge < -0.3 is 50.9 Å². The average molecular weight is 960 g/mol. The molecule has 4 rings (SSSR count). The number of carbonyl (C=O) groups is 4. The molecule has 2 fully saturated rings. The Morgan fingerprint density at radius 1 is 1.08 bits per heavy atom. The Hall–Kier alpha value is -3.03. The summed E-state index contributed by atoms with van der Waals surface area (Å²) in [4.78, 5) is 101. The minimum Gasteiger partial charge on any atom is -0.386 e. The molecule has 3 heterocycles. The zero-order valence-corrected chi connectivity index (χ0v) is 37.3. The van der Waals surface area contributed by atoms with E-state index in [1.54, 1.807) is 0 Å². The van der Waals surface area contributed by atoms with Crippen molar-refractivity contribution in [1.82, 2.24) is 30.2 Å². The van der Waals surface area contributed by atoms with E-state index in [-0.39, 0.29) is 65.6 Å². The van der Waals surface area contributed by atoms with Crippen molar-refractivity contribution < 1.29 is 85.3 Å². The van der Waals surface area contributed by atoms with Gasteiger partial charge in [0.15, 0.2) is 22.8 Å². The Labute approximate surface area is 359 Å². The fourth-order valence-electron chi connectivity index (χ4n) is 6.52. The molecule has 2 aromatic heterocycles. The number of phosphoric acid groups is 3. The van der Waals surface area contributed by atoms with E-state index in [9.17, 15) is 62.7 Å². The van der Waals surface area contributed by atoms with Crippen molar-refractivity contribution >= 4 is 74.9 Å². The molecule has 0 aromatic carbocycles. The van der Waals surface area contributed by atoms with Gasteiger partial charge in [-0.25, -0.2) is 28.6 Å². The largest absolute Gasteiger partial charge is 0.481 e. The molecule has 1 aliphatic carbocycles. The van der Waals surface area contributed by atoms with Gasteiger partial charge in [0.1, 0.15) is 42.0 Å². The molecule has 9 unspecified atom stereocenters. The zero-order valence-electron chi connectivity index (χ0n) is 33.8. The van der Waals surface area contributed by atoms with Gasteiger partial charge in [0.05, 0.1) is 19.5 Å². The van der Waals surface area contributed by atoms with Crippen LogP contribution in [0.4, 0.5) is 5.82 Å². The molecule has 29 heteroatoms. The van der Waals surface area contributed by atoms with Crippen LogP contribution in [0.15, 0.2) is 24.8 Å². The van der Waals surface area contributed by atoms with Crippen molar-refractivity contribution in [2.24, 2.45) is 17.3 Å². The number of nitrogens with two attached hydrogens (primary N) is 1. The standard InChI is InChI=1S/C33H52N7O18P3S/c1-4-5-6-7-20-19(8-9-21(20)41)14-24(43)62-13-12-35-23(42)10-11-36-31(46)28(45)33(2,3)16-55-61(52,53)58-60(50,51)54-15-22-27(57-59(47,48)49)26(44)32(56-22)40-18-39-25-29(34)37-17-38-30(25)40/h5-6,17-20,22,26-28,32,44-45H,4,7-16H2,1-3H3,(H,35,42)(H,36,46)(H,50,51)(H,52,53)(H2,34,37,38)(H2,47,48,49)/b6-5+. The fourth-order valence-corrected chi connectivity index (χ4v) is 10.1. The van der Waals surface area contributed by atoms with Crippen LogP contribution in [0.5, 0.6) is 0 Å². The summed E-state index contributed by atoms with van der Waals surface area (Å²) in [7, 11) is -16.4. The predicted molar refractivity (Wildman–Crippen MR) is 217 cm³/mol. The number of aromatic nitrogens is 4. The maximum absolute atomic E-state index is 12.7. The number of amides is 2. The number of fused-ring (bicyclic) bond motifs is 1. The lowest BCUT2D eigenvalue weighted by Crippen LogP contribution is -2.46. The molecule has 2 aromatic rings. The first-order valence-electron chi connectivity index (χ1n) is 19.2. The van der Waals surface area contributed by atoms with Gasteiger partial charge in [0.25, 0.3) is 0 Å². The molecule has 0 spiro atoms. The Morgan fingerprint density at radius 3 is 2.48 bits per heavy atom. The molecule has 9 atom stereocenters. The maximum atomic E-state index is 12.7.